The lowest BCUT2D eigenvalue weighted by molar-refractivity contribution is -0.144. The number of carbonyl (C=O) groups is 3. The third-order valence-electron chi connectivity index (χ3n) is 6.07. The molecular formula is C23H39N3O4. The van der Waals surface area contributed by atoms with Gasteiger partial charge in [0.15, 0.2) is 0 Å². The summed E-state index contributed by atoms with van der Waals surface area (Å²) in [7, 11) is 0. The maximum atomic E-state index is 13.3. The molecule has 0 saturated carbocycles. The molecule has 0 bridgehead atoms. The van der Waals surface area contributed by atoms with Gasteiger partial charge in [0, 0.05) is 38.1 Å². The van der Waals surface area contributed by atoms with Crippen molar-refractivity contribution in [2.45, 2.75) is 77.9 Å². The summed E-state index contributed by atoms with van der Waals surface area (Å²) in [5, 5.41) is 2.81. The average Bonchev–Trinajstić information content (AvgIpc) is 2.69. The second kappa shape index (κ2) is 10.8. The summed E-state index contributed by atoms with van der Waals surface area (Å²) in [5.74, 6) is 0.624. The van der Waals surface area contributed by atoms with E-state index in [0.717, 1.165) is 45.1 Å². The molecule has 7 heteroatoms. The lowest BCUT2D eigenvalue weighted by Crippen LogP contribution is -2.52. The highest BCUT2D eigenvalue weighted by molar-refractivity contribution is 5.87. The molecule has 1 N–H and O–H groups in total. The summed E-state index contributed by atoms with van der Waals surface area (Å²) >= 11 is 0. The summed E-state index contributed by atoms with van der Waals surface area (Å²) in [6.45, 7) is 13.9. The van der Waals surface area contributed by atoms with Gasteiger partial charge in [0.05, 0.1) is 0 Å². The summed E-state index contributed by atoms with van der Waals surface area (Å²) in [4.78, 5) is 40.7. The van der Waals surface area contributed by atoms with E-state index in [-0.39, 0.29) is 23.8 Å². The van der Waals surface area contributed by atoms with Crippen LogP contribution in [0.5, 0.6) is 0 Å². The molecule has 2 aliphatic rings. The number of ether oxygens (including phenoxy) is 1. The Morgan fingerprint density at radius 3 is 2.40 bits per heavy atom. The van der Waals surface area contributed by atoms with Crippen molar-refractivity contribution in [3.8, 4) is 0 Å². The molecule has 2 rings (SSSR count). The molecule has 0 spiro atoms. The highest BCUT2D eigenvalue weighted by Crippen LogP contribution is 2.30. The number of alkyl carbamates (subject to hydrolysis) is 1. The SMILES string of the molecule is C=CC(=O)N1CCC(C(=O)N2CCC[C@@H](C)[C@H]2CCCNC(=O)OC(C)(C)C)CC1. The van der Waals surface area contributed by atoms with Gasteiger partial charge in [0.1, 0.15) is 5.60 Å². The van der Waals surface area contributed by atoms with E-state index in [2.05, 4.69) is 23.7 Å². The Kier molecular flexibility index (Phi) is 8.74. The number of hydrogen-bond donors (Lipinski definition) is 1. The molecule has 30 heavy (non-hydrogen) atoms. The zero-order valence-corrected chi connectivity index (χ0v) is 19.1. The van der Waals surface area contributed by atoms with Gasteiger partial charge >= 0.3 is 6.09 Å². The predicted molar refractivity (Wildman–Crippen MR) is 117 cm³/mol. The molecule has 0 radical (unpaired) electrons. The molecule has 2 fully saturated rings. The first-order valence-electron chi connectivity index (χ1n) is 11.3. The molecule has 0 unspecified atom stereocenters. The van der Waals surface area contributed by atoms with Crippen LogP contribution in [0.3, 0.4) is 0 Å². The number of piperidine rings is 2. The van der Waals surface area contributed by atoms with Crippen LogP contribution < -0.4 is 5.32 Å². The van der Waals surface area contributed by atoms with Gasteiger partial charge in [-0.1, -0.05) is 13.5 Å². The van der Waals surface area contributed by atoms with E-state index < -0.39 is 11.7 Å². The smallest absolute Gasteiger partial charge is 0.407 e. The first-order valence-corrected chi connectivity index (χ1v) is 11.3. The summed E-state index contributed by atoms with van der Waals surface area (Å²) < 4.78 is 5.27. The summed E-state index contributed by atoms with van der Waals surface area (Å²) in [6, 6.07) is 0.208. The first kappa shape index (κ1) is 24.2. The number of carbonyl (C=O) groups excluding carboxylic acids is 3. The summed E-state index contributed by atoms with van der Waals surface area (Å²) in [5.41, 5.74) is -0.503. The molecule has 0 aromatic carbocycles. The largest absolute Gasteiger partial charge is 0.444 e. The molecule has 170 valence electrons. The number of nitrogens with zero attached hydrogens (tertiary/aromatic N) is 2. The van der Waals surface area contributed by atoms with Crippen molar-refractivity contribution in [2.75, 3.05) is 26.2 Å². The standard InChI is InChI=1S/C23H39N3O4/c1-6-20(27)25-15-11-18(12-16-25)21(28)26-14-8-9-17(2)19(26)10-7-13-24-22(29)30-23(3,4)5/h6,17-19H,1,7-16H2,2-5H3,(H,24,29)/t17-,19-/m1/s1. The van der Waals surface area contributed by atoms with Crippen LogP contribution in [0.4, 0.5) is 4.79 Å². The van der Waals surface area contributed by atoms with Crippen LogP contribution in [0, 0.1) is 11.8 Å². The Morgan fingerprint density at radius 1 is 1.13 bits per heavy atom. The lowest BCUT2D eigenvalue weighted by atomic mass is 9.85. The fraction of sp³-hybridized carbons (Fsp3) is 0.783. The molecule has 0 aromatic heterocycles. The van der Waals surface area contributed by atoms with Crippen LogP contribution >= 0.6 is 0 Å². The van der Waals surface area contributed by atoms with E-state index >= 15 is 0 Å². The van der Waals surface area contributed by atoms with Crippen molar-refractivity contribution in [1.82, 2.24) is 15.1 Å². The quantitative estimate of drug-likeness (QED) is 0.527. The van der Waals surface area contributed by atoms with Crippen molar-refractivity contribution >= 4 is 17.9 Å². The van der Waals surface area contributed by atoms with E-state index in [1.165, 1.54) is 6.08 Å². The van der Waals surface area contributed by atoms with Gasteiger partial charge < -0.3 is 19.9 Å². The topological polar surface area (TPSA) is 79.0 Å². The Bertz CT molecular complexity index is 620. The van der Waals surface area contributed by atoms with Crippen LogP contribution in [0.1, 0.15) is 66.2 Å². The number of amides is 3. The molecule has 2 heterocycles. The van der Waals surface area contributed by atoms with E-state index in [0.29, 0.717) is 25.6 Å². The summed E-state index contributed by atoms with van der Waals surface area (Å²) in [6.07, 6.45) is 6.23. The molecule has 2 saturated heterocycles. The fourth-order valence-corrected chi connectivity index (χ4v) is 4.49. The van der Waals surface area contributed by atoms with Crippen molar-refractivity contribution in [3.63, 3.8) is 0 Å². The van der Waals surface area contributed by atoms with E-state index in [1.807, 2.05) is 20.8 Å². The highest BCUT2D eigenvalue weighted by Gasteiger charge is 2.36. The zero-order chi connectivity index (χ0) is 22.3. The Labute approximate surface area is 181 Å². The Hall–Kier alpha value is -2.05. The second-order valence-electron chi connectivity index (χ2n) is 9.59. The van der Waals surface area contributed by atoms with Crippen LogP contribution in [-0.4, -0.2) is 65.5 Å². The third-order valence-corrected chi connectivity index (χ3v) is 6.07. The normalized spacial score (nSPS) is 23.1. The second-order valence-corrected chi connectivity index (χ2v) is 9.59. The van der Waals surface area contributed by atoms with Crippen LogP contribution in [0.2, 0.25) is 0 Å². The Morgan fingerprint density at radius 2 is 1.80 bits per heavy atom. The number of likely N-dealkylation sites (tertiary alicyclic amines) is 2. The van der Waals surface area contributed by atoms with Crippen LogP contribution in [0.15, 0.2) is 12.7 Å². The molecular weight excluding hydrogens is 382 g/mol. The van der Waals surface area contributed by atoms with Crippen molar-refractivity contribution in [3.05, 3.63) is 12.7 Å². The van der Waals surface area contributed by atoms with Gasteiger partial charge in [-0.3, -0.25) is 9.59 Å². The number of nitrogens with one attached hydrogen (secondary N) is 1. The van der Waals surface area contributed by atoms with Gasteiger partial charge in [0.25, 0.3) is 0 Å². The van der Waals surface area contributed by atoms with Crippen molar-refractivity contribution < 1.29 is 19.1 Å². The molecule has 7 nitrogen and oxygen atoms in total. The van der Waals surface area contributed by atoms with Crippen LogP contribution in [-0.2, 0) is 14.3 Å². The predicted octanol–water partition coefficient (Wildman–Crippen LogP) is 3.34. The molecule has 0 aliphatic carbocycles. The van der Waals surface area contributed by atoms with Crippen LogP contribution in [0.25, 0.3) is 0 Å². The number of hydrogen-bond acceptors (Lipinski definition) is 4. The van der Waals surface area contributed by atoms with Crippen molar-refractivity contribution in [1.29, 1.82) is 0 Å². The first-order chi connectivity index (χ1) is 14.1. The highest BCUT2D eigenvalue weighted by atomic mass is 16.6. The van der Waals surface area contributed by atoms with E-state index in [1.54, 1.807) is 4.90 Å². The fourth-order valence-electron chi connectivity index (χ4n) is 4.49. The molecule has 2 atom stereocenters. The number of rotatable bonds is 6. The molecule has 0 aromatic rings. The third kappa shape index (κ3) is 7.03. The van der Waals surface area contributed by atoms with Gasteiger partial charge in [-0.2, -0.15) is 0 Å². The van der Waals surface area contributed by atoms with Gasteiger partial charge in [-0.25, -0.2) is 4.79 Å². The van der Waals surface area contributed by atoms with Gasteiger partial charge in [-0.15, -0.1) is 0 Å². The Balaban J connectivity index is 1.85. The lowest BCUT2D eigenvalue weighted by Gasteiger charge is -2.43. The van der Waals surface area contributed by atoms with E-state index in [9.17, 15) is 14.4 Å². The minimum absolute atomic E-state index is 0.00782. The monoisotopic (exact) mass is 421 g/mol. The van der Waals surface area contributed by atoms with E-state index in [4.69, 9.17) is 4.74 Å². The van der Waals surface area contributed by atoms with Crippen molar-refractivity contribution in [2.24, 2.45) is 11.8 Å². The zero-order valence-electron chi connectivity index (χ0n) is 19.1. The average molecular weight is 422 g/mol. The minimum atomic E-state index is -0.503. The van der Waals surface area contributed by atoms with Gasteiger partial charge in [-0.05, 0) is 71.3 Å². The molecule has 2 aliphatic heterocycles. The maximum absolute atomic E-state index is 13.3. The minimum Gasteiger partial charge on any atom is -0.444 e. The van der Waals surface area contributed by atoms with Gasteiger partial charge in [0.2, 0.25) is 11.8 Å². The molecule has 3 amide bonds. The maximum Gasteiger partial charge on any atom is 0.407 e.